The molecule has 1 aliphatic rings. The lowest BCUT2D eigenvalue weighted by Crippen LogP contribution is -2.47. The molecule has 1 aliphatic heterocycles. The number of hydrogen-bond donors (Lipinski definition) is 2. The third-order valence-electron chi connectivity index (χ3n) is 2.59. The number of nitrogens with one attached hydrogen (secondary N) is 1. The molecule has 1 atom stereocenters. The molecule has 0 aromatic heterocycles. The van der Waals surface area contributed by atoms with Crippen molar-refractivity contribution in [2.45, 2.75) is 44.8 Å². The first-order valence-electron chi connectivity index (χ1n) is 5.12. The molecule has 1 unspecified atom stereocenters. The lowest BCUT2D eigenvalue weighted by atomic mass is 10.1. The Morgan fingerprint density at radius 2 is 2.36 bits per heavy atom. The molecule has 1 fully saturated rings. The molecule has 2 N–H and O–H groups in total. The highest BCUT2D eigenvalue weighted by Gasteiger charge is 2.26. The smallest absolute Gasteiger partial charge is 0.323 e. The number of rotatable bonds is 5. The van der Waals surface area contributed by atoms with Gasteiger partial charge in [-0.3, -0.25) is 4.79 Å². The van der Waals surface area contributed by atoms with Gasteiger partial charge in [-0.2, -0.15) is 0 Å². The van der Waals surface area contributed by atoms with Gasteiger partial charge in [-0.15, -0.1) is 0 Å². The van der Waals surface area contributed by atoms with Gasteiger partial charge in [0.15, 0.2) is 0 Å². The minimum absolute atomic E-state index is 0.326. The van der Waals surface area contributed by atoms with Crippen LogP contribution in [0.3, 0.4) is 0 Å². The Balaban J connectivity index is 2.16. The van der Waals surface area contributed by atoms with E-state index in [1.807, 2.05) is 0 Å². The number of hydrogen-bond acceptors (Lipinski definition) is 3. The standard InChI is InChI=1S/C10H19NO3/c1-10(2,9(12)13)11-6-5-8-4-3-7-14-8/h8,11H,3-7H2,1-2H3,(H,12,13). The molecular formula is C10H19NO3. The summed E-state index contributed by atoms with van der Waals surface area (Å²) in [5.74, 6) is -0.815. The van der Waals surface area contributed by atoms with Crippen LogP contribution in [0.4, 0.5) is 0 Å². The number of carboxylic acid groups (broad SMARTS) is 1. The second-order valence-electron chi connectivity index (χ2n) is 4.28. The molecule has 14 heavy (non-hydrogen) atoms. The minimum Gasteiger partial charge on any atom is -0.480 e. The summed E-state index contributed by atoms with van der Waals surface area (Å²) in [6.45, 7) is 4.90. The van der Waals surface area contributed by atoms with Crippen molar-refractivity contribution in [3.8, 4) is 0 Å². The summed E-state index contributed by atoms with van der Waals surface area (Å²) in [5.41, 5.74) is -0.835. The summed E-state index contributed by atoms with van der Waals surface area (Å²) in [4.78, 5) is 10.8. The highest BCUT2D eigenvalue weighted by molar-refractivity contribution is 5.77. The zero-order valence-electron chi connectivity index (χ0n) is 8.88. The van der Waals surface area contributed by atoms with Crippen molar-refractivity contribution in [1.82, 2.24) is 5.32 Å². The molecule has 0 aliphatic carbocycles. The van der Waals surface area contributed by atoms with Gasteiger partial charge in [-0.1, -0.05) is 0 Å². The van der Waals surface area contributed by atoms with E-state index >= 15 is 0 Å². The average molecular weight is 201 g/mol. The normalized spacial score (nSPS) is 22.6. The van der Waals surface area contributed by atoms with E-state index in [1.165, 1.54) is 0 Å². The Morgan fingerprint density at radius 1 is 1.64 bits per heavy atom. The SMILES string of the molecule is CC(C)(NCCC1CCCO1)C(=O)O. The fourth-order valence-electron chi connectivity index (χ4n) is 1.49. The van der Waals surface area contributed by atoms with Crippen molar-refractivity contribution in [1.29, 1.82) is 0 Å². The third kappa shape index (κ3) is 3.27. The molecule has 0 aromatic rings. The van der Waals surface area contributed by atoms with E-state index in [1.54, 1.807) is 13.8 Å². The van der Waals surface area contributed by atoms with E-state index in [0.29, 0.717) is 12.6 Å². The molecule has 0 bridgehead atoms. The third-order valence-corrected chi connectivity index (χ3v) is 2.59. The van der Waals surface area contributed by atoms with Crippen LogP contribution in [-0.2, 0) is 9.53 Å². The first kappa shape index (κ1) is 11.5. The van der Waals surface area contributed by atoms with Crippen molar-refractivity contribution < 1.29 is 14.6 Å². The van der Waals surface area contributed by atoms with Crippen LogP contribution in [0.15, 0.2) is 0 Å². The van der Waals surface area contributed by atoms with Crippen LogP contribution >= 0.6 is 0 Å². The number of aliphatic carboxylic acids is 1. The maximum Gasteiger partial charge on any atom is 0.323 e. The predicted molar refractivity (Wildman–Crippen MR) is 53.3 cm³/mol. The largest absolute Gasteiger partial charge is 0.480 e. The first-order valence-corrected chi connectivity index (χ1v) is 5.12. The fourth-order valence-corrected chi connectivity index (χ4v) is 1.49. The lowest BCUT2D eigenvalue weighted by Gasteiger charge is -2.21. The molecule has 82 valence electrons. The van der Waals surface area contributed by atoms with Gasteiger partial charge in [-0.05, 0) is 39.7 Å². The van der Waals surface area contributed by atoms with Gasteiger partial charge < -0.3 is 15.2 Å². The Morgan fingerprint density at radius 3 is 2.86 bits per heavy atom. The molecule has 4 nitrogen and oxygen atoms in total. The van der Waals surface area contributed by atoms with Gasteiger partial charge in [0.1, 0.15) is 5.54 Å². The van der Waals surface area contributed by atoms with Crippen molar-refractivity contribution in [2.75, 3.05) is 13.2 Å². The molecule has 0 saturated carbocycles. The zero-order chi connectivity index (χ0) is 10.6. The number of carbonyl (C=O) groups is 1. The van der Waals surface area contributed by atoms with Gasteiger partial charge in [0.2, 0.25) is 0 Å². The summed E-state index contributed by atoms with van der Waals surface area (Å²) in [6, 6.07) is 0. The first-order chi connectivity index (χ1) is 6.52. The van der Waals surface area contributed by atoms with Crippen LogP contribution in [0.25, 0.3) is 0 Å². The second-order valence-corrected chi connectivity index (χ2v) is 4.28. The van der Waals surface area contributed by atoms with Crippen LogP contribution < -0.4 is 5.32 Å². The lowest BCUT2D eigenvalue weighted by molar-refractivity contribution is -0.143. The average Bonchev–Trinajstić information content (AvgIpc) is 2.56. The summed E-state index contributed by atoms with van der Waals surface area (Å²) in [6.07, 6.45) is 3.46. The zero-order valence-corrected chi connectivity index (χ0v) is 8.88. The summed E-state index contributed by atoms with van der Waals surface area (Å²) >= 11 is 0. The second kappa shape index (κ2) is 4.75. The van der Waals surface area contributed by atoms with E-state index in [0.717, 1.165) is 25.9 Å². The van der Waals surface area contributed by atoms with Crippen LogP contribution in [0, 0.1) is 0 Å². The Hall–Kier alpha value is -0.610. The van der Waals surface area contributed by atoms with Crippen LogP contribution in [0.1, 0.15) is 33.1 Å². The van der Waals surface area contributed by atoms with E-state index in [9.17, 15) is 4.79 Å². The van der Waals surface area contributed by atoms with Gasteiger partial charge in [0.05, 0.1) is 6.10 Å². The highest BCUT2D eigenvalue weighted by Crippen LogP contribution is 2.15. The van der Waals surface area contributed by atoms with Gasteiger partial charge in [0.25, 0.3) is 0 Å². The molecule has 4 heteroatoms. The van der Waals surface area contributed by atoms with Crippen LogP contribution in [0.2, 0.25) is 0 Å². The van der Waals surface area contributed by atoms with Crippen molar-refractivity contribution in [3.05, 3.63) is 0 Å². The topological polar surface area (TPSA) is 58.6 Å². The summed E-state index contributed by atoms with van der Waals surface area (Å²) < 4.78 is 5.44. The van der Waals surface area contributed by atoms with Crippen molar-refractivity contribution >= 4 is 5.97 Å². The maximum atomic E-state index is 10.8. The Labute approximate surface area is 84.6 Å². The Kier molecular flexibility index (Phi) is 3.89. The molecule has 1 saturated heterocycles. The summed E-state index contributed by atoms with van der Waals surface area (Å²) in [5, 5.41) is 11.8. The van der Waals surface area contributed by atoms with Crippen molar-refractivity contribution in [2.24, 2.45) is 0 Å². The van der Waals surface area contributed by atoms with E-state index in [2.05, 4.69) is 5.32 Å². The van der Waals surface area contributed by atoms with E-state index < -0.39 is 11.5 Å². The fraction of sp³-hybridized carbons (Fsp3) is 0.900. The number of carboxylic acids is 1. The molecule has 0 spiro atoms. The summed E-state index contributed by atoms with van der Waals surface area (Å²) in [7, 11) is 0. The predicted octanol–water partition coefficient (Wildman–Crippen LogP) is 1.01. The molecule has 0 amide bonds. The van der Waals surface area contributed by atoms with Gasteiger partial charge in [0, 0.05) is 6.61 Å². The quantitative estimate of drug-likeness (QED) is 0.697. The molecule has 1 rings (SSSR count). The van der Waals surface area contributed by atoms with E-state index in [-0.39, 0.29) is 0 Å². The van der Waals surface area contributed by atoms with Crippen molar-refractivity contribution in [3.63, 3.8) is 0 Å². The molecule has 0 radical (unpaired) electrons. The Bertz CT molecular complexity index is 198. The monoisotopic (exact) mass is 201 g/mol. The maximum absolute atomic E-state index is 10.8. The molecule has 1 heterocycles. The molecular weight excluding hydrogens is 182 g/mol. The minimum atomic E-state index is -0.835. The van der Waals surface area contributed by atoms with Crippen LogP contribution in [0.5, 0.6) is 0 Å². The van der Waals surface area contributed by atoms with Crippen LogP contribution in [-0.4, -0.2) is 35.9 Å². The highest BCUT2D eigenvalue weighted by atomic mass is 16.5. The number of ether oxygens (including phenoxy) is 1. The molecule has 0 aromatic carbocycles. The van der Waals surface area contributed by atoms with E-state index in [4.69, 9.17) is 9.84 Å². The van der Waals surface area contributed by atoms with Gasteiger partial charge >= 0.3 is 5.97 Å². The van der Waals surface area contributed by atoms with Gasteiger partial charge in [-0.25, -0.2) is 0 Å².